The zero-order valence-corrected chi connectivity index (χ0v) is 14.0. The monoisotopic (exact) mass is 312 g/mol. The molecule has 0 spiro atoms. The van der Waals surface area contributed by atoms with Gasteiger partial charge in [0.1, 0.15) is 0 Å². The van der Waals surface area contributed by atoms with Crippen LogP contribution in [0.4, 0.5) is 0 Å². The van der Waals surface area contributed by atoms with Crippen LogP contribution in [0.2, 0.25) is 0 Å². The Balaban J connectivity index is 2.98. The minimum absolute atomic E-state index is 0.0905. The molecule has 1 rings (SSSR count). The van der Waals surface area contributed by atoms with Gasteiger partial charge in [-0.2, -0.15) is 8.42 Å². The van der Waals surface area contributed by atoms with Crippen molar-refractivity contribution in [1.82, 2.24) is 9.71 Å². The van der Waals surface area contributed by atoms with Crippen LogP contribution in [-0.2, 0) is 14.8 Å². The van der Waals surface area contributed by atoms with Gasteiger partial charge in [0.25, 0.3) is 10.0 Å². The first-order chi connectivity index (χ1) is 9.77. The second-order valence-corrected chi connectivity index (χ2v) is 7.18. The molecule has 0 saturated heterocycles. The molecule has 0 aliphatic heterocycles. The average Bonchev–Trinajstić information content (AvgIpc) is 2.44. The number of hydrogen-bond acceptors (Lipinski definition) is 4. The molecular weight excluding hydrogens is 288 g/mol. The standard InChI is InChI=1S/C15H24N2O3S/c1-5-7-10-15(4,6-2)14(18)17-21(19,20)13-12(3)9-8-11-16-13/h8-9,11H,5-7,10H2,1-4H3,(H,17,18). The predicted octanol–water partition coefficient (Wildman–Crippen LogP) is 2.80. The van der Waals surface area contributed by atoms with Gasteiger partial charge in [-0.25, -0.2) is 9.71 Å². The summed E-state index contributed by atoms with van der Waals surface area (Å²) in [4.78, 5) is 16.3. The maximum Gasteiger partial charge on any atom is 0.281 e. The highest BCUT2D eigenvalue weighted by molar-refractivity contribution is 7.90. The Morgan fingerprint density at radius 1 is 1.38 bits per heavy atom. The third kappa shape index (κ3) is 4.27. The number of nitrogens with zero attached hydrogens (tertiary/aromatic N) is 1. The van der Waals surface area contributed by atoms with Crippen LogP contribution in [0.25, 0.3) is 0 Å². The molecule has 0 bridgehead atoms. The summed E-state index contributed by atoms with van der Waals surface area (Å²) in [5.41, 5.74) is -0.157. The molecule has 1 unspecified atom stereocenters. The Hall–Kier alpha value is -1.43. The third-order valence-electron chi connectivity index (χ3n) is 3.85. The van der Waals surface area contributed by atoms with Crippen molar-refractivity contribution in [1.29, 1.82) is 0 Å². The lowest BCUT2D eigenvalue weighted by Gasteiger charge is -2.26. The van der Waals surface area contributed by atoms with E-state index in [9.17, 15) is 13.2 Å². The minimum atomic E-state index is -3.92. The van der Waals surface area contributed by atoms with E-state index in [1.807, 2.05) is 13.8 Å². The van der Waals surface area contributed by atoms with E-state index in [-0.39, 0.29) is 5.03 Å². The van der Waals surface area contributed by atoms with E-state index in [2.05, 4.69) is 9.71 Å². The molecule has 6 heteroatoms. The van der Waals surface area contributed by atoms with E-state index in [1.54, 1.807) is 26.0 Å². The predicted molar refractivity (Wildman–Crippen MR) is 82.2 cm³/mol. The summed E-state index contributed by atoms with van der Waals surface area (Å²) >= 11 is 0. The van der Waals surface area contributed by atoms with Crippen molar-refractivity contribution in [2.24, 2.45) is 5.41 Å². The molecule has 0 radical (unpaired) electrons. The molecule has 0 fully saturated rings. The third-order valence-corrected chi connectivity index (χ3v) is 5.24. The van der Waals surface area contributed by atoms with Crippen molar-refractivity contribution in [2.45, 2.75) is 58.4 Å². The van der Waals surface area contributed by atoms with Gasteiger partial charge in [-0.1, -0.05) is 39.7 Å². The first-order valence-corrected chi connectivity index (χ1v) is 8.74. The van der Waals surface area contributed by atoms with Gasteiger partial charge in [0.05, 0.1) is 0 Å². The van der Waals surface area contributed by atoms with Crippen LogP contribution < -0.4 is 4.72 Å². The highest BCUT2D eigenvalue weighted by Gasteiger charge is 2.34. The molecule has 118 valence electrons. The smallest absolute Gasteiger partial charge is 0.273 e. The molecule has 0 aliphatic carbocycles. The molecule has 1 heterocycles. The van der Waals surface area contributed by atoms with Crippen molar-refractivity contribution in [3.8, 4) is 0 Å². The Labute approximate surface area is 127 Å². The molecule has 1 N–H and O–H groups in total. The first kappa shape index (κ1) is 17.6. The van der Waals surface area contributed by atoms with Gasteiger partial charge in [0.15, 0.2) is 5.03 Å². The fraction of sp³-hybridized carbons (Fsp3) is 0.600. The molecule has 1 aromatic heterocycles. The Bertz CT molecular complexity index is 599. The molecule has 1 aromatic rings. The van der Waals surface area contributed by atoms with Crippen LogP contribution >= 0.6 is 0 Å². The SMILES string of the molecule is CCCCC(C)(CC)C(=O)NS(=O)(=O)c1ncccc1C. The number of nitrogens with one attached hydrogen (secondary N) is 1. The maximum atomic E-state index is 12.4. The molecule has 21 heavy (non-hydrogen) atoms. The molecule has 1 amide bonds. The largest absolute Gasteiger partial charge is 0.281 e. The zero-order valence-electron chi connectivity index (χ0n) is 13.1. The number of hydrogen-bond donors (Lipinski definition) is 1. The van der Waals surface area contributed by atoms with Gasteiger partial charge < -0.3 is 0 Å². The fourth-order valence-electron chi connectivity index (χ4n) is 2.06. The maximum absolute atomic E-state index is 12.4. The number of aryl methyl sites for hydroxylation is 1. The number of unbranched alkanes of at least 4 members (excludes halogenated alkanes) is 1. The number of carbonyl (C=O) groups excluding carboxylic acids is 1. The van der Waals surface area contributed by atoms with Gasteiger partial charge in [0, 0.05) is 11.6 Å². The van der Waals surface area contributed by atoms with Crippen LogP contribution in [0.1, 0.15) is 52.0 Å². The number of carbonyl (C=O) groups is 1. The first-order valence-electron chi connectivity index (χ1n) is 7.25. The van der Waals surface area contributed by atoms with Gasteiger partial charge in [-0.3, -0.25) is 4.79 Å². The van der Waals surface area contributed by atoms with Crippen molar-refractivity contribution in [2.75, 3.05) is 0 Å². The summed E-state index contributed by atoms with van der Waals surface area (Å²) in [5.74, 6) is -0.455. The molecule has 1 atom stereocenters. The van der Waals surface area contributed by atoms with E-state index in [4.69, 9.17) is 0 Å². The highest BCUT2D eigenvalue weighted by atomic mass is 32.2. The van der Waals surface area contributed by atoms with Gasteiger partial charge in [-0.15, -0.1) is 0 Å². The second-order valence-electron chi connectivity index (χ2n) is 5.58. The summed E-state index contributed by atoms with van der Waals surface area (Å²) in [6, 6.07) is 3.32. The topological polar surface area (TPSA) is 76.1 Å². The number of rotatable bonds is 7. The number of aromatic nitrogens is 1. The van der Waals surface area contributed by atoms with Crippen LogP contribution in [0.15, 0.2) is 23.4 Å². The highest BCUT2D eigenvalue weighted by Crippen LogP contribution is 2.29. The summed E-state index contributed by atoms with van der Waals surface area (Å²) < 4.78 is 26.8. The van der Waals surface area contributed by atoms with Crippen LogP contribution in [0, 0.1) is 12.3 Å². The average molecular weight is 312 g/mol. The van der Waals surface area contributed by atoms with E-state index in [0.29, 0.717) is 18.4 Å². The fourth-order valence-corrected chi connectivity index (χ4v) is 3.34. The van der Waals surface area contributed by atoms with E-state index >= 15 is 0 Å². The lowest BCUT2D eigenvalue weighted by Crippen LogP contribution is -2.42. The summed E-state index contributed by atoms with van der Waals surface area (Å²) in [5, 5.41) is -0.0905. The molecular formula is C15H24N2O3S. The zero-order chi connectivity index (χ0) is 16.1. The number of amides is 1. The van der Waals surface area contributed by atoms with Gasteiger partial charge >= 0.3 is 0 Å². The summed E-state index contributed by atoms with van der Waals surface area (Å²) in [6.07, 6.45) is 4.52. The summed E-state index contributed by atoms with van der Waals surface area (Å²) in [6.45, 7) is 7.40. The van der Waals surface area contributed by atoms with Crippen LogP contribution in [0.3, 0.4) is 0 Å². The number of sulfonamides is 1. The van der Waals surface area contributed by atoms with Crippen molar-refractivity contribution >= 4 is 15.9 Å². The quantitative estimate of drug-likeness (QED) is 0.840. The molecule has 0 aromatic carbocycles. The van der Waals surface area contributed by atoms with Crippen LogP contribution in [0.5, 0.6) is 0 Å². The van der Waals surface area contributed by atoms with Crippen LogP contribution in [-0.4, -0.2) is 19.3 Å². The molecule has 0 saturated carbocycles. The lowest BCUT2D eigenvalue weighted by molar-refractivity contribution is -0.128. The molecule has 5 nitrogen and oxygen atoms in total. The normalized spacial score (nSPS) is 14.5. The number of pyridine rings is 1. The Kier molecular flexibility index (Phi) is 5.89. The van der Waals surface area contributed by atoms with E-state index in [0.717, 1.165) is 12.8 Å². The lowest BCUT2D eigenvalue weighted by atomic mass is 9.82. The van der Waals surface area contributed by atoms with Gasteiger partial charge in [0.2, 0.25) is 5.91 Å². The van der Waals surface area contributed by atoms with Crippen molar-refractivity contribution < 1.29 is 13.2 Å². The Morgan fingerprint density at radius 2 is 2.05 bits per heavy atom. The summed E-state index contributed by atoms with van der Waals surface area (Å²) in [7, 11) is -3.92. The van der Waals surface area contributed by atoms with E-state index in [1.165, 1.54) is 6.20 Å². The second kappa shape index (κ2) is 7.02. The van der Waals surface area contributed by atoms with E-state index < -0.39 is 21.3 Å². The van der Waals surface area contributed by atoms with Crippen molar-refractivity contribution in [3.63, 3.8) is 0 Å². The Morgan fingerprint density at radius 3 is 2.57 bits per heavy atom. The minimum Gasteiger partial charge on any atom is -0.273 e. The van der Waals surface area contributed by atoms with Crippen molar-refractivity contribution in [3.05, 3.63) is 23.9 Å². The van der Waals surface area contributed by atoms with Gasteiger partial charge in [-0.05, 0) is 31.4 Å². The molecule has 0 aliphatic rings.